The molecule has 0 radical (unpaired) electrons. The molecule has 9 heteroatoms. The van der Waals surface area contributed by atoms with E-state index in [0.29, 0.717) is 0 Å². The summed E-state index contributed by atoms with van der Waals surface area (Å²) in [7, 11) is -3.17. The summed E-state index contributed by atoms with van der Waals surface area (Å²) in [5.41, 5.74) is 0. The topological polar surface area (TPSA) is 145 Å². The summed E-state index contributed by atoms with van der Waals surface area (Å²) >= 11 is 0. The Hall–Kier alpha value is -0.470. The fourth-order valence-corrected chi connectivity index (χ4v) is 1.25. The second-order valence-electron chi connectivity index (χ2n) is 2.63. The summed E-state index contributed by atoms with van der Waals surface area (Å²) in [6.45, 7) is -1.88. The zero-order chi connectivity index (χ0) is 12.0. The smallest absolute Gasteiger partial charge is 0.394 e. The van der Waals surface area contributed by atoms with E-state index in [4.69, 9.17) is 20.2 Å². The molecule has 0 aliphatic heterocycles. The number of hydrogen-bond donors (Lipinski definition) is 5. The highest BCUT2D eigenvalue weighted by Crippen LogP contribution is 2.21. The summed E-state index contributed by atoms with van der Waals surface area (Å²) in [5.74, 6) is -1.08. The Kier molecular flexibility index (Phi) is 6.70. The minimum Gasteiger partial charge on any atom is -0.394 e. The maximum atomic E-state index is 10.9. The van der Waals surface area contributed by atoms with Gasteiger partial charge in [0.05, 0.1) is 6.61 Å². The summed E-state index contributed by atoms with van der Waals surface area (Å²) in [6.07, 6.45) is -5.45. The number of Topliss-reactive ketones (excluding diaryl/α,β-unsaturated/α-hetero) is 1. The molecule has 0 aliphatic rings. The van der Waals surface area contributed by atoms with Crippen LogP contribution in [0.3, 0.4) is 0 Å². The number of hydrogen-bond acceptors (Lipinski definition) is 7. The van der Waals surface area contributed by atoms with Gasteiger partial charge in [0.15, 0.2) is 5.78 Å². The van der Waals surface area contributed by atoms with Crippen LogP contribution in [0.25, 0.3) is 0 Å². The van der Waals surface area contributed by atoms with Gasteiger partial charge in [0.1, 0.15) is 18.8 Å². The normalized spacial score (nSPS) is 18.1. The molecule has 8 nitrogen and oxygen atoms in total. The van der Waals surface area contributed by atoms with Crippen LogP contribution in [0.4, 0.5) is 0 Å². The Bertz CT molecular complexity index is 231. The van der Waals surface area contributed by atoms with Gasteiger partial charge in [-0.25, -0.2) is 0 Å². The minimum absolute atomic E-state index is 0.859. The predicted molar refractivity (Wildman–Crippen MR) is 45.9 cm³/mol. The first-order valence-electron chi connectivity index (χ1n) is 3.87. The zero-order valence-electron chi connectivity index (χ0n) is 7.55. The lowest BCUT2D eigenvalue weighted by Crippen LogP contribution is -2.45. The van der Waals surface area contributed by atoms with Crippen molar-refractivity contribution in [2.75, 3.05) is 13.2 Å². The Balaban J connectivity index is 4.61. The molecule has 15 heavy (non-hydrogen) atoms. The molecule has 4 unspecified atom stereocenters. The van der Waals surface area contributed by atoms with Crippen LogP contribution in [0.2, 0.25) is 0 Å². The van der Waals surface area contributed by atoms with Crippen LogP contribution in [0, 0.1) is 0 Å². The van der Waals surface area contributed by atoms with Crippen molar-refractivity contribution >= 4 is 14.0 Å². The number of aliphatic hydroxyl groups excluding tert-OH is 4. The van der Waals surface area contributed by atoms with E-state index in [1.54, 1.807) is 0 Å². The summed E-state index contributed by atoms with van der Waals surface area (Å²) in [5, 5.41) is 35.1. The van der Waals surface area contributed by atoms with Crippen molar-refractivity contribution in [3.8, 4) is 0 Å². The van der Waals surface area contributed by atoms with E-state index in [-0.39, 0.29) is 0 Å². The molecule has 0 amide bonds. The van der Waals surface area contributed by atoms with E-state index in [1.165, 1.54) is 0 Å². The molecule has 0 aromatic rings. The average molecular weight is 243 g/mol. The van der Waals surface area contributed by atoms with Crippen LogP contribution in [-0.4, -0.2) is 62.6 Å². The number of aliphatic hydroxyl groups is 4. The molecule has 0 aromatic heterocycles. The molecular formula is C6H12O8P+. The molecule has 4 atom stereocenters. The van der Waals surface area contributed by atoms with Crippen molar-refractivity contribution in [3.63, 3.8) is 0 Å². The number of rotatable bonds is 7. The molecule has 0 heterocycles. The molecule has 0 aliphatic carbocycles. The van der Waals surface area contributed by atoms with E-state index in [9.17, 15) is 14.5 Å². The minimum atomic E-state index is -3.17. The third kappa shape index (κ3) is 4.72. The van der Waals surface area contributed by atoms with E-state index in [1.807, 2.05) is 0 Å². The predicted octanol–water partition coefficient (Wildman–Crippen LogP) is -2.70. The van der Waals surface area contributed by atoms with Gasteiger partial charge in [0, 0.05) is 4.57 Å². The van der Waals surface area contributed by atoms with Crippen LogP contribution in [0.15, 0.2) is 0 Å². The first-order valence-corrected chi connectivity index (χ1v) is 5.00. The quantitative estimate of drug-likeness (QED) is 0.304. The van der Waals surface area contributed by atoms with Crippen molar-refractivity contribution in [1.82, 2.24) is 0 Å². The van der Waals surface area contributed by atoms with Gasteiger partial charge < -0.3 is 20.4 Å². The Morgan fingerprint density at radius 3 is 2.20 bits per heavy atom. The van der Waals surface area contributed by atoms with Crippen LogP contribution >= 0.6 is 8.25 Å². The van der Waals surface area contributed by atoms with Gasteiger partial charge in [-0.1, -0.05) is 0 Å². The highest BCUT2D eigenvalue weighted by atomic mass is 31.1. The maximum Gasteiger partial charge on any atom is 0.695 e. The summed E-state index contributed by atoms with van der Waals surface area (Å²) < 4.78 is 14.4. The first-order chi connectivity index (χ1) is 6.93. The number of ketones is 1. The van der Waals surface area contributed by atoms with Gasteiger partial charge in [-0.05, 0) is 0 Å². The zero-order valence-corrected chi connectivity index (χ0v) is 8.45. The van der Waals surface area contributed by atoms with E-state index >= 15 is 0 Å². The van der Waals surface area contributed by atoms with Crippen LogP contribution in [-0.2, 0) is 13.9 Å². The Labute approximate surface area is 85.7 Å². The van der Waals surface area contributed by atoms with E-state index in [2.05, 4.69) is 4.52 Å². The standard InChI is InChI=1S/C6H11O8P/c7-1-3(9)5(11)6(4(10)2-8)14-15(12)13/h3,5-9,11H,1-2H2/p+1. The third-order valence-electron chi connectivity index (χ3n) is 1.57. The number of carbonyl (C=O) groups excluding carboxylic acids is 1. The fourth-order valence-electron chi connectivity index (χ4n) is 0.808. The SMILES string of the molecule is O=C(CO)C(O[P+](=O)O)C(O)C(O)CO. The monoisotopic (exact) mass is 243 g/mol. The molecule has 0 rings (SSSR count). The molecule has 5 N–H and O–H groups in total. The Morgan fingerprint density at radius 2 is 1.87 bits per heavy atom. The lowest BCUT2D eigenvalue weighted by atomic mass is 10.1. The summed E-state index contributed by atoms with van der Waals surface area (Å²) in [6, 6.07) is 0. The van der Waals surface area contributed by atoms with Crippen LogP contribution in [0.5, 0.6) is 0 Å². The fraction of sp³-hybridized carbons (Fsp3) is 0.833. The van der Waals surface area contributed by atoms with Crippen molar-refractivity contribution in [2.24, 2.45) is 0 Å². The number of carbonyl (C=O) groups is 1. The first kappa shape index (κ1) is 14.5. The summed E-state index contributed by atoms with van der Waals surface area (Å²) in [4.78, 5) is 19.3. The molecule has 0 saturated carbocycles. The second kappa shape index (κ2) is 6.91. The molecule has 0 saturated heterocycles. The van der Waals surface area contributed by atoms with Crippen molar-refractivity contribution in [3.05, 3.63) is 0 Å². The molecule has 0 spiro atoms. The van der Waals surface area contributed by atoms with Gasteiger partial charge in [0.2, 0.25) is 6.10 Å². The van der Waals surface area contributed by atoms with Gasteiger partial charge >= 0.3 is 8.25 Å². The van der Waals surface area contributed by atoms with E-state index in [0.717, 1.165) is 0 Å². The van der Waals surface area contributed by atoms with Crippen molar-refractivity contribution < 1.29 is 39.2 Å². The molecule has 0 fully saturated rings. The van der Waals surface area contributed by atoms with Gasteiger partial charge in [0.25, 0.3) is 0 Å². The largest absolute Gasteiger partial charge is 0.695 e. The Morgan fingerprint density at radius 1 is 1.33 bits per heavy atom. The third-order valence-corrected chi connectivity index (χ3v) is 1.98. The van der Waals surface area contributed by atoms with E-state index < -0.39 is 45.6 Å². The molecule has 0 bridgehead atoms. The van der Waals surface area contributed by atoms with Gasteiger partial charge in [-0.2, -0.15) is 0 Å². The van der Waals surface area contributed by atoms with Crippen LogP contribution in [0.1, 0.15) is 0 Å². The maximum absolute atomic E-state index is 10.9. The lowest BCUT2D eigenvalue weighted by Gasteiger charge is -2.19. The van der Waals surface area contributed by atoms with Crippen LogP contribution < -0.4 is 0 Å². The van der Waals surface area contributed by atoms with Crippen molar-refractivity contribution in [1.29, 1.82) is 0 Å². The van der Waals surface area contributed by atoms with Gasteiger partial charge in [-0.3, -0.25) is 4.79 Å². The second-order valence-corrected chi connectivity index (χ2v) is 3.32. The van der Waals surface area contributed by atoms with Crippen molar-refractivity contribution in [2.45, 2.75) is 18.3 Å². The molecule has 88 valence electrons. The average Bonchev–Trinajstić information content (AvgIpc) is 2.22. The molecule has 0 aromatic carbocycles. The van der Waals surface area contributed by atoms with Gasteiger partial charge in [-0.15, -0.1) is 9.42 Å². The lowest BCUT2D eigenvalue weighted by molar-refractivity contribution is -0.140. The highest BCUT2D eigenvalue weighted by molar-refractivity contribution is 7.32. The molecular weight excluding hydrogens is 231 g/mol. The highest BCUT2D eigenvalue weighted by Gasteiger charge is 2.38.